The third kappa shape index (κ3) is 4.32. The van der Waals surface area contributed by atoms with Crippen molar-refractivity contribution in [1.29, 1.82) is 0 Å². The number of rotatable bonds is 4. The molecule has 2 aliphatic heterocycles. The Morgan fingerprint density at radius 1 is 1.19 bits per heavy atom. The van der Waals surface area contributed by atoms with Gasteiger partial charge in [0, 0.05) is 47.0 Å². The monoisotopic (exact) mass is 451 g/mol. The standard InChI is InChI=1S/C22H22ClN7S/c1-12-17(4-5-19(26-12)27-15-6-7-24-11-15)29-22-25-10-13-8-20(31)28-18-9-14(23)2-3-16(18)21(13)30-22/h2-5,9-10,15,24H,6-8,11H2,1H3,(H,26,27)(H,28,31)(H,25,29,30). The van der Waals surface area contributed by atoms with Gasteiger partial charge in [-0.15, -0.1) is 0 Å². The third-order valence-electron chi connectivity index (χ3n) is 5.47. The number of pyridine rings is 1. The van der Waals surface area contributed by atoms with Gasteiger partial charge in [0.1, 0.15) is 5.82 Å². The maximum atomic E-state index is 6.18. The van der Waals surface area contributed by atoms with Gasteiger partial charge in [-0.3, -0.25) is 0 Å². The summed E-state index contributed by atoms with van der Waals surface area (Å²) in [5.74, 6) is 1.39. The van der Waals surface area contributed by atoms with Crippen molar-refractivity contribution < 1.29 is 0 Å². The van der Waals surface area contributed by atoms with Crippen LogP contribution in [0.25, 0.3) is 11.3 Å². The van der Waals surface area contributed by atoms with Crippen LogP contribution in [0.4, 0.5) is 23.1 Å². The quantitative estimate of drug-likeness (QED) is 0.436. The molecule has 0 saturated carbocycles. The lowest BCUT2D eigenvalue weighted by Gasteiger charge is -2.15. The van der Waals surface area contributed by atoms with Gasteiger partial charge in [0.05, 0.1) is 22.1 Å². The fraction of sp³-hybridized carbons (Fsp3) is 0.273. The first-order chi connectivity index (χ1) is 15.0. The van der Waals surface area contributed by atoms with Gasteiger partial charge in [-0.05, 0) is 50.2 Å². The van der Waals surface area contributed by atoms with Crippen molar-refractivity contribution in [3.05, 3.63) is 52.8 Å². The van der Waals surface area contributed by atoms with Crippen molar-refractivity contribution >= 4 is 51.9 Å². The average molecular weight is 452 g/mol. The molecule has 0 radical (unpaired) electrons. The first kappa shape index (κ1) is 20.1. The molecule has 3 aromatic rings. The van der Waals surface area contributed by atoms with Crippen molar-refractivity contribution in [1.82, 2.24) is 20.3 Å². The molecular formula is C22H22ClN7S. The highest BCUT2D eigenvalue weighted by Crippen LogP contribution is 2.35. The van der Waals surface area contributed by atoms with E-state index < -0.39 is 0 Å². The maximum Gasteiger partial charge on any atom is 0.227 e. The molecule has 4 heterocycles. The number of nitrogens with one attached hydrogen (secondary N) is 4. The zero-order valence-electron chi connectivity index (χ0n) is 17.0. The van der Waals surface area contributed by atoms with Gasteiger partial charge in [0.15, 0.2) is 0 Å². The van der Waals surface area contributed by atoms with Crippen molar-refractivity contribution in [3.8, 4) is 11.3 Å². The molecule has 5 rings (SSSR count). The lowest BCUT2D eigenvalue weighted by atomic mass is 10.1. The third-order valence-corrected chi connectivity index (χ3v) is 5.95. The SMILES string of the molecule is Cc1nc(NC2CCNC2)ccc1Nc1ncc2c(n1)-c1ccc(Cl)cc1NC(=S)C2. The van der Waals surface area contributed by atoms with Crippen molar-refractivity contribution in [2.75, 3.05) is 29.0 Å². The Labute approximate surface area is 191 Å². The van der Waals surface area contributed by atoms with E-state index in [4.69, 9.17) is 33.8 Å². The van der Waals surface area contributed by atoms with Gasteiger partial charge in [-0.25, -0.2) is 15.0 Å². The highest BCUT2D eigenvalue weighted by atomic mass is 35.5. The number of fused-ring (bicyclic) bond motifs is 3. The summed E-state index contributed by atoms with van der Waals surface area (Å²) in [6.45, 7) is 3.99. The zero-order valence-corrected chi connectivity index (χ0v) is 18.6. The maximum absolute atomic E-state index is 6.18. The lowest BCUT2D eigenvalue weighted by Crippen LogP contribution is -2.22. The Bertz CT molecular complexity index is 1160. The number of thiocarbonyl (C=S) groups is 1. The molecule has 1 aromatic carbocycles. The molecule has 2 aliphatic rings. The summed E-state index contributed by atoms with van der Waals surface area (Å²) in [7, 11) is 0. The normalized spacial score (nSPS) is 17.4. The number of nitrogens with zero attached hydrogens (tertiary/aromatic N) is 3. The van der Waals surface area contributed by atoms with E-state index in [2.05, 4.69) is 26.3 Å². The van der Waals surface area contributed by atoms with Crippen LogP contribution in [0.2, 0.25) is 5.02 Å². The van der Waals surface area contributed by atoms with Gasteiger partial charge in [0.2, 0.25) is 5.95 Å². The second kappa shape index (κ2) is 8.37. The topological polar surface area (TPSA) is 86.8 Å². The number of halogens is 1. The van der Waals surface area contributed by atoms with E-state index in [1.54, 1.807) is 0 Å². The zero-order chi connectivity index (χ0) is 21.4. The van der Waals surface area contributed by atoms with Crippen molar-refractivity contribution in [2.45, 2.75) is 25.8 Å². The summed E-state index contributed by atoms with van der Waals surface area (Å²) in [5.41, 5.74) is 5.37. The van der Waals surface area contributed by atoms with Gasteiger partial charge in [0.25, 0.3) is 0 Å². The Hall–Kier alpha value is -2.81. The second-order valence-corrected chi connectivity index (χ2v) is 8.70. The van der Waals surface area contributed by atoms with Gasteiger partial charge in [-0.2, -0.15) is 0 Å². The molecule has 7 nitrogen and oxygen atoms in total. The fourth-order valence-corrected chi connectivity index (χ4v) is 4.34. The van der Waals surface area contributed by atoms with Crippen LogP contribution in [0.15, 0.2) is 36.5 Å². The van der Waals surface area contributed by atoms with E-state index in [-0.39, 0.29) is 0 Å². The van der Waals surface area contributed by atoms with Gasteiger partial charge in [-0.1, -0.05) is 23.8 Å². The minimum atomic E-state index is 0.423. The molecule has 0 amide bonds. The molecule has 1 atom stereocenters. The van der Waals surface area contributed by atoms with Crippen LogP contribution in [0, 0.1) is 6.92 Å². The van der Waals surface area contributed by atoms with Crippen LogP contribution in [0.1, 0.15) is 17.7 Å². The number of benzene rings is 1. The van der Waals surface area contributed by atoms with E-state index in [1.165, 1.54) is 0 Å². The number of hydrogen-bond acceptors (Lipinski definition) is 7. The van der Waals surface area contributed by atoms with Crippen LogP contribution >= 0.6 is 23.8 Å². The largest absolute Gasteiger partial charge is 0.366 e. The van der Waals surface area contributed by atoms with E-state index >= 15 is 0 Å². The van der Waals surface area contributed by atoms with Crippen molar-refractivity contribution in [3.63, 3.8) is 0 Å². The summed E-state index contributed by atoms with van der Waals surface area (Å²) < 4.78 is 0. The minimum absolute atomic E-state index is 0.423. The molecule has 2 aromatic heterocycles. The van der Waals surface area contributed by atoms with Crippen LogP contribution < -0.4 is 21.3 Å². The fourth-order valence-electron chi connectivity index (χ4n) is 3.90. The minimum Gasteiger partial charge on any atom is -0.366 e. The van der Waals surface area contributed by atoms with E-state index in [9.17, 15) is 0 Å². The van der Waals surface area contributed by atoms with Gasteiger partial charge >= 0.3 is 0 Å². The van der Waals surface area contributed by atoms with Crippen LogP contribution in [0.5, 0.6) is 0 Å². The van der Waals surface area contributed by atoms with Crippen LogP contribution in [-0.4, -0.2) is 39.1 Å². The number of aromatic nitrogens is 3. The number of aryl methyl sites for hydroxylation is 1. The number of anilines is 4. The molecule has 1 unspecified atom stereocenters. The molecule has 0 spiro atoms. The molecule has 0 bridgehead atoms. The first-order valence-electron chi connectivity index (χ1n) is 10.2. The Morgan fingerprint density at radius 2 is 2.10 bits per heavy atom. The second-order valence-electron chi connectivity index (χ2n) is 7.77. The van der Waals surface area contributed by atoms with Gasteiger partial charge < -0.3 is 21.3 Å². The smallest absolute Gasteiger partial charge is 0.227 e. The lowest BCUT2D eigenvalue weighted by molar-refractivity contribution is 0.787. The Balaban J connectivity index is 1.42. The van der Waals surface area contributed by atoms with E-state index in [0.717, 1.165) is 59.2 Å². The molecule has 1 saturated heterocycles. The highest BCUT2D eigenvalue weighted by Gasteiger charge is 2.20. The molecule has 9 heteroatoms. The van der Waals surface area contributed by atoms with E-state index in [1.807, 2.05) is 43.5 Å². The predicted octanol–water partition coefficient (Wildman–Crippen LogP) is 4.31. The first-order valence-corrected chi connectivity index (χ1v) is 11.0. The van der Waals surface area contributed by atoms with Crippen molar-refractivity contribution in [2.24, 2.45) is 0 Å². The summed E-state index contributed by atoms with van der Waals surface area (Å²) in [5, 5.41) is 14.1. The molecule has 158 valence electrons. The highest BCUT2D eigenvalue weighted by molar-refractivity contribution is 7.80. The predicted molar refractivity (Wildman–Crippen MR) is 130 cm³/mol. The van der Waals surface area contributed by atoms with E-state index in [0.29, 0.717) is 28.4 Å². The van der Waals surface area contributed by atoms with Crippen LogP contribution in [-0.2, 0) is 6.42 Å². The summed E-state index contributed by atoms with van der Waals surface area (Å²) in [6, 6.07) is 10.1. The average Bonchev–Trinajstić information content (AvgIpc) is 3.19. The number of hydrogen-bond donors (Lipinski definition) is 4. The summed E-state index contributed by atoms with van der Waals surface area (Å²) in [4.78, 5) is 14.7. The summed E-state index contributed by atoms with van der Waals surface area (Å²) in [6.07, 6.45) is 3.51. The molecular weight excluding hydrogens is 430 g/mol. The summed E-state index contributed by atoms with van der Waals surface area (Å²) >= 11 is 11.6. The van der Waals surface area contributed by atoms with Crippen LogP contribution in [0.3, 0.4) is 0 Å². The molecule has 4 N–H and O–H groups in total. The Morgan fingerprint density at radius 3 is 2.90 bits per heavy atom. The molecule has 31 heavy (non-hydrogen) atoms. The molecule has 1 fully saturated rings. The molecule has 0 aliphatic carbocycles. The Kier molecular flexibility index (Phi) is 5.43.